The molecule has 0 bridgehead atoms. The van der Waals surface area contributed by atoms with Crippen LogP contribution in [0.4, 0.5) is 5.69 Å². The van der Waals surface area contributed by atoms with E-state index in [9.17, 15) is 9.90 Å². The minimum atomic E-state index is -0.829. The van der Waals surface area contributed by atoms with Gasteiger partial charge in [-0.2, -0.15) is 0 Å². The number of hydrogen-bond acceptors (Lipinski definition) is 3. The second-order valence-corrected chi connectivity index (χ2v) is 6.42. The van der Waals surface area contributed by atoms with Gasteiger partial charge in [0.15, 0.2) is 0 Å². The Kier molecular flexibility index (Phi) is 7.65. The average molecular weight is 309 g/mol. The lowest BCUT2D eigenvalue weighted by atomic mass is 10.0. The number of carboxylic acid groups (broad SMARTS) is 1. The van der Waals surface area contributed by atoms with Crippen LogP contribution in [0.15, 0.2) is 23.1 Å². The molecule has 1 N–H and O–H groups in total. The molecule has 4 heteroatoms. The molecule has 0 amide bonds. The van der Waals surface area contributed by atoms with Crippen LogP contribution >= 0.6 is 11.8 Å². The molecular weight excluding hydrogens is 282 g/mol. The Morgan fingerprint density at radius 3 is 2.38 bits per heavy atom. The summed E-state index contributed by atoms with van der Waals surface area (Å²) < 4.78 is 0. The van der Waals surface area contributed by atoms with Gasteiger partial charge in [-0.15, -0.1) is 11.8 Å². The molecule has 0 saturated heterocycles. The third kappa shape index (κ3) is 4.67. The molecule has 0 spiro atoms. The zero-order valence-corrected chi connectivity index (χ0v) is 14.4. The molecule has 0 aliphatic rings. The number of hydrogen-bond donors (Lipinski definition) is 1. The van der Waals surface area contributed by atoms with Crippen LogP contribution in [0.5, 0.6) is 0 Å². The Hall–Kier alpha value is -1.16. The summed E-state index contributed by atoms with van der Waals surface area (Å²) in [4.78, 5) is 14.8. The first-order valence-corrected chi connectivity index (χ1v) is 8.81. The topological polar surface area (TPSA) is 40.5 Å². The molecule has 0 aliphatic carbocycles. The first kappa shape index (κ1) is 17.9. The summed E-state index contributed by atoms with van der Waals surface area (Å²) in [5, 5.41) is 9.63. The monoisotopic (exact) mass is 309 g/mol. The normalized spacial score (nSPS) is 10.9. The van der Waals surface area contributed by atoms with E-state index in [0.717, 1.165) is 42.3 Å². The van der Waals surface area contributed by atoms with Crippen LogP contribution in [0.3, 0.4) is 0 Å². The van der Waals surface area contributed by atoms with E-state index in [1.165, 1.54) is 0 Å². The molecule has 0 radical (unpaired) electrons. The van der Waals surface area contributed by atoms with Crippen molar-refractivity contribution in [2.24, 2.45) is 5.92 Å². The molecule has 118 valence electrons. The Labute approximate surface area is 132 Å². The SMILES string of the molecule is CCSc1cccc(N(CC)CC(CC)CC)c1C(=O)O. The van der Waals surface area contributed by atoms with Gasteiger partial charge in [0.1, 0.15) is 0 Å². The van der Waals surface area contributed by atoms with Gasteiger partial charge in [0.25, 0.3) is 0 Å². The molecule has 0 atom stereocenters. The second kappa shape index (κ2) is 8.98. The van der Waals surface area contributed by atoms with Gasteiger partial charge >= 0.3 is 5.97 Å². The number of thioether (sulfide) groups is 1. The Bertz CT molecular complexity index is 458. The highest BCUT2D eigenvalue weighted by molar-refractivity contribution is 7.99. The number of carboxylic acids is 1. The fraction of sp³-hybridized carbons (Fsp3) is 0.588. The number of nitrogens with zero attached hydrogens (tertiary/aromatic N) is 1. The van der Waals surface area contributed by atoms with Crippen molar-refractivity contribution in [3.05, 3.63) is 23.8 Å². The zero-order valence-electron chi connectivity index (χ0n) is 13.6. The van der Waals surface area contributed by atoms with Crippen LogP contribution in [-0.4, -0.2) is 29.9 Å². The van der Waals surface area contributed by atoms with E-state index in [4.69, 9.17) is 0 Å². The molecule has 0 saturated carbocycles. The quantitative estimate of drug-likeness (QED) is 0.668. The van der Waals surface area contributed by atoms with Crippen molar-refractivity contribution < 1.29 is 9.90 Å². The highest BCUT2D eigenvalue weighted by Gasteiger charge is 2.20. The number of benzene rings is 1. The van der Waals surface area contributed by atoms with Crippen LogP contribution in [0.25, 0.3) is 0 Å². The summed E-state index contributed by atoms with van der Waals surface area (Å²) in [6.07, 6.45) is 2.25. The summed E-state index contributed by atoms with van der Waals surface area (Å²) in [6, 6.07) is 5.82. The second-order valence-electron chi connectivity index (χ2n) is 5.11. The first-order valence-electron chi connectivity index (χ1n) is 7.82. The van der Waals surface area contributed by atoms with Crippen LogP contribution in [0, 0.1) is 5.92 Å². The van der Waals surface area contributed by atoms with E-state index in [-0.39, 0.29) is 0 Å². The van der Waals surface area contributed by atoms with Gasteiger partial charge in [-0.1, -0.05) is 39.7 Å². The fourth-order valence-corrected chi connectivity index (χ4v) is 3.35. The van der Waals surface area contributed by atoms with E-state index in [1.807, 2.05) is 25.1 Å². The number of carbonyl (C=O) groups is 1. The third-order valence-electron chi connectivity index (χ3n) is 3.87. The van der Waals surface area contributed by atoms with Crippen molar-refractivity contribution in [1.29, 1.82) is 0 Å². The maximum atomic E-state index is 11.7. The lowest BCUT2D eigenvalue weighted by molar-refractivity contribution is 0.0694. The molecule has 3 nitrogen and oxygen atoms in total. The number of aromatic carboxylic acids is 1. The molecule has 1 rings (SSSR count). The minimum absolute atomic E-state index is 0.456. The van der Waals surface area contributed by atoms with Crippen molar-refractivity contribution in [3.8, 4) is 0 Å². The van der Waals surface area contributed by atoms with E-state index in [1.54, 1.807) is 11.8 Å². The van der Waals surface area contributed by atoms with Gasteiger partial charge in [0, 0.05) is 18.0 Å². The largest absolute Gasteiger partial charge is 0.478 e. The molecular formula is C17H27NO2S. The molecule has 1 aromatic rings. The number of anilines is 1. The summed E-state index contributed by atoms with van der Waals surface area (Å²) in [6.45, 7) is 10.3. The Morgan fingerprint density at radius 1 is 1.24 bits per heavy atom. The van der Waals surface area contributed by atoms with Crippen molar-refractivity contribution in [2.75, 3.05) is 23.7 Å². The van der Waals surface area contributed by atoms with Gasteiger partial charge in [-0.3, -0.25) is 0 Å². The highest BCUT2D eigenvalue weighted by atomic mass is 32.2. The van der Waals surface area contributed by atoms with Crippen molar-refractivity contribution >= 4 is 23.4 Å². The molecule has 1 aromatic carbocycles. The predicted octanol–water partition coefficient (Wildman–Crippen LogP) is 4.76. The summed E-state index contributed by atoms with van der Waals surface area (Å²) in [7, 11) is 0. The average Bonchev–Trinajstić information content (AvgIpc) is 2.48. The van der Waals surface area contributed by atoms with Crippen LogP contribution in [0.1, 0.15) is 50.9 Å². The molecule has 21 heavy (non-hydrogen) atoms. The van der Waals surface area contributed by atoms with E-state index in [2.05, 4.69) is 25.7 Å². The van der Waals surface area contributed by atoms with Crippen LogP contribution < -0.4 is 4.90 Å². The zero-order chi connectivity index (χ0) is 15.8. The minimum Gasteiger partial charge on any atom is -0.478 e. The lowest BCUT2D eigenvalue weighted by Crippen LogP contribution is -2.30. The van der Waals surface area contributed by atoms with Crippen molar-refractivity contribution in [1.82, 2.24) is 0 Å². The molecule has 0 aromatic heterocycles. The van der Waals surface area contributed by atoms with Crippen LogP contribution in [-0.2, 0) is 0 Å². The summed E-state index contributed by atoms with van der Waals surface area (Å²) in [5.41, 5.74) is 1.31. The predicted molar refractivity (Wildman–Crippen MR) is 91.8 cm³/mol. The first-order chi connectivity index (χ1) is 10.1. The molecule has 0 heterocycles. The third-order valence-corrected chi connectivity index (χ3v) is 4.81. The summed E-state index contributed by atoms with van der Waals surface area (Å²) in [5.74, 6) is 0.654. The standard InChI is InChI=1S/C17H27NO2S/c1-5-13(6-2)12-18(7-3)14-10-9-11-15(21-8-4)16(14)17(19)20/h9-11,13H,5-8,12H2,1-4H3,(H,19,20). The Balaban J connectivity index is 3.19. The fourth-order valence-electron chi connectivity index (χ4n) is 2.53. The number of rotatable bonds is 9. The summed E-state index contributed by atoms with van der Waals surface area (Å²) >= 11 is 1.60. The van der Waals surface area contributed by atoms with Gasteiger partial charge in [-0.25, -0.2) is 4.79 Å². The molecule has 0 unspecified atom stereocenters. The molecule has 0 aliphatic heterocycles. The highest BCUT2D eigenvalue weighted by Crippen LogP contribution is 2.31. The van der Waals surface area contributed by atoms with Crippen molar-refractivity contribution in [2.45, 2.75) is 45.4 Å². The van der Waals surface area contributed by atoms with E-state index < -0.39 is 5.97 Å². The van der Waals surface area contributed by atoms with Gasteiger partial charge in [-0.05, 0) is 30.7 Å². The van der Waals surface area contributed by atoms with E-state index >= 15 is 0 Å². The smallest absolute Gasteiger partial charge is 0.338 e. The Morgan fingerprint density at radius 2 is 1.90 bits per heavy atom. The van der Waals surface area contributed by atoms with Gasteiger partial charge in [0.05, 0.1) is 11.3 Å². The van der Waals surface area contributed by atoms with Crippen molar-refractivity contribution in [3.63, 3.8) is 0 Å². The van der Waals surface area contributed by atoms with Crippen LogP contribution in [0.2, 0.25) is 0 Å². The lowest BCUT2D eigenvalue weighted by Gasteiger charge is -2.29. The maximum absolute atomic E-state index is 11.7. The van der Waals surface area contributed by atoms with Gasteiger partial charge < -0.3 is 10.0 Å². The molecule has 0 fully saturated rings. The van der Waals surface area contributed by atoms with Gasteiger partial charge in [0.2, 0.25) is 0 Å². The maximum Gasteiger partial charge on any atom is 0.338 e. The van der Waals surface area contributed by atoms with E-state index in [0.29, 0.717) is 11.5 Å².